The van der Waals surface area contributed by atoms with E-state index in [1.54, 1.807) is 11.3 Å². The topological polar surface area (TPSA) is 66.4 Å². The maximum absolute atomic E-state index is 11.6. The molecule has 1 aromatic heterocycles. The van der Waals surface area contributed by atoms with Gasteiger partial charge in [-0.2, -0.15) is 0 Å². The van der Waals surface area contributed by atoms with E-state index >= 15 is 0 Å². The zero-order valence-corrected chi connectivity index (χ0v) is 10.4. The molecule has 1 aliphatic rings. The number of carboxylic acids is 1. The van der Waals surface area contributed by atoms with Gasteiger partial charge in [0.1, 0.15) is 6.04 Å². The zero-order valence-electron chi connectivity index (χ0n) is 8.80. The second-order valence-electron chi connectivity index (χ2n) is 3.83. The fraction of sp³-hybridized carbons (Fsp3) is 0.500. The van der Waals surface area contributed by atoms with Crippen molar-refractivity contribution in [2.24, 2.45) is 0 Å². The quantitative estimate of drug-likeness (QED) is 0.828. The standard InChI is InChI=1S/C10H13NO3S2/c1-6-2-3-9(15-6)7-4-16(14)5-8(11-7)10(12)13/h2-3,7-8,11H,4-5H2,1H3,(H,12,13)/t7-,8-,16-/m0/s1. The summed E-state index contributed by atoms with van der Waals surface area (Å²) in [5, 5.41) is 12.0. The van der Waals surface area contributed by atoms with E-state index in [0.29, 0.717) is 5.75 Å². The van der Waals surface area contributed by atoms with Crippen LogP contribution in [0.5, 0.6) is 0 Å². The highest BCUT2D eigenvalue weighted by Gasteiger charge is 2.31. The van der Waals surface area contributed by atoms with Crippen molar-refractivity contribution < 1.29 is 14.1 Å². The summed E-state index contributed by atoms with van der Waals surface area (Å²) in [5.41, 5.74) is 0. The number of hydrogen-bond acceptors (Lipinski definition) is 4. The number of aryl methyl sites for hydroxylation is 1. The molecule has 1 aliphatic heterocycles. The summed E-state index contributed by atoms with van der Waals surface area (Å²) in [6, 6.07) is 3.19. The molecule has 0 aromatic carbocycles. The second-order valence-corrected chi connectivity index (χ2v) is 6.70. The molecule has 2 heterocycles. The number of carboxylic acid groups (broad SMARTS) is 1. The zero-order chi connectivity index (χ0) is 11.7. The minimum Gasteiger partial charge on any atom is -0.480 e. The average Bonchev–Trinajstić information content (AvgIpc) is 2.64. The monoisotopic (exact) mass is 259 g/mol. The first-order valence-corrected chi connectivity index (χ1v) is 7.27. The van der Waals surface area contributed by atoms with Gasteiger partial charge < -0.3 is 5.11 Å². The molecule has 3 atom stereocenters. The lowest BCUT2D eigenvalue weighted by molar-refractivity contribution is -0.139. The largest absolute Gasteiger partial charge is 0.480 e. The van der Waals surface area contributed by atoms with Crippen molar-refractivity contribution in [3.8, 4) is 0 Å². The van der Waals surface area contributed by atoms with Crippen molar-refractivity contribution >= 4 is 28.1 Å². The molecular formula is C10H13NO3S2. The Hall–Kier alpha value is -0.720. The molecule has 0 amide bonds. The number of hydrogen-bond donors (Lipinski definition) is 2. The van der Waals surface area contributed by atoms with Crippen molar-refractivity contribution in [1.29, 1.82) is 0 Å². The molecule has 1 aromatic rings. The highest BCUT2D eigenvalue weighted by molar-refractivity contribution is 7.85. The molecule has 16 heavy (non-hydrogen) atoms. The lowest BCUT2D eigenvalue weighted by Crippen LogP contribution is -2.49. The van der Waals surface area contributed by atoms with Crippen LogP contribution in [0.25, 0.3) is 0 Å². The van der Waals surface area contributed by atoms with Crippen LogP contribution in [0.1, 0.15) is 15.8 Å². The maximum atomic E-state index is 11.6. The third kappa shape index (κ3) is 2.50. The molecule has 4 nitrogen and oxygen atoms in total. The van der Waals surface area contributed by atoms with Gasteiger partial charge in [0, 0.05) is 32.1 Å². The van der Waals surface area contributed by atoms with Gasteiger partial charge in [-0.25, -0.2) is 0 Å². The van der Waals surface area contributed by atoms with E-state index in [9.17, 15) is 9.00 Å². The highest BCUT2D eigenvalue weighted by atomic mass is 32.2. The number of aliphatic carboxylic acids is 1. The van der Waals surface area contributed by atoms with E-state index in [-0.39, 0.29) is 11.8 Å². The van der Waals surface area contributed by atoms with Crippen LogP contribution in [-0.4, -0.2) is 32.8 Å². The Morgan fingerprint density at radius 1 is 1.56 bits per heavy atom. The smallest absolute Gasteiger partial charge is 0.321 e. The van der Waals surface area contributed by atoms with Gasteiger partial charge in [0.2, 0.25) is 0 Å². The van der Waals surface area contributed by atoms with Crippen LogP contribution in [0.4, 0.5) is 0 Å². The molecule has 0 spiro atoms. The van der Waals surface area contributed by atoms with Crippen LogP contribution in [0.2, 0.25) is 0 Å². The highest BCUT2D eigenvalue weighted by Crippen LogP contribution is 2.26. The summed E-state index contributed by atoms with van der Waals surface area (Å²) in [5.74, 6) is -0.216. The minimum atomic E-state index is -1.05. The van der Waals surface area contributed by atoms with Crippen LogP contribution in [0, 0.1) is 6.92 Å². The molecule has 2 N–H and O–H groups in total. The van der Waals surface area contributed by atoms with Crippen LogP contribution in [-0.2, 0) is 15.6 Å². The summed E-state index contributed by atoms with van der Waals surface area (Å²) >= 11 is 1.62. The van der Waals surface area contributed by atoms with Crippen LogP contribution >= 0.6 is 11.3 Å². The Labute approximate surface area is 100 Å². The fourth-order valence-electron chi connectivity index (χ4n) is 1.73. The summed E-state index contributed by atoms with van der Waals surface area (Å²) in [7, 11) is -1.05. The average molecular weight is 259 g/mol. The first-order valence-electron chi connectivity index (χ1n) is 4.96. The molecule has 0 bridgehead atoms. The van der Waals surface area contributed by atoms with Crippen molar-refractivity contribution in [2.75, 3.05) is 11.5 Å². The summed E-state index contributed by atoms with van der Waals surface area (Å²) in [6.45, 7) is 2.00. The molecule has 6 heteroatoms. The van der Waals surface area contributed by atoms with E-state index in [0.717, 1.165) is 4.88 Å². The van der Waals surface area contributed by atoms with Crippen molar-refractivity contribution in [2.45, 2.75) is 19.0 Å². The van der Waals surface area contributed by atoms with E-state index < -0.39 is 22.8 Å². The molecule has 2 rings (SSSR count). The molecule has 0 saturated carbocycles. The Bertz CT molecular complexity index is 429. The number of nitrogens with one attached hydrogen (secondary N) is 1. The van der Waals surface area contributed by atoms with Crippen molar-refractivity contribution in [3.05, 3.63) is 21.9 Å². The van der Waals surface area contributed by atoms with Gasteiger partial charge in [-0.15, -0.1) is 11.3 Å². The van der Waals surface area contributed by atoms with Crippen LogP contribution in [0.15, 0.2) is 12.1 Å². The van der Waals surface area contributed by atoms with E-state index in [4.69, 9.17) is 5.11 Å². The minimum absolute atomic E-state index is 0.0885. The van der Waals surface area contributed by atoms with Gasteiger partial charge in [0.15, 0.2) is 0 Å². The summed E-state index contributed by atoms with van der Waals surface area (Å²) in [4.78, 5) is 13.1. The van der Waals surface area contributed by atoms with Gasteiger partial charge in [-0.1, -0.05) is 0 Å². The lowest BCUT2D eigenvalue weighted by Gasteiger charge is -2.27. The number of rotatable bonds is 2. The first kappa shape index (κ1) is 11.8. The SMILES string of the molecule is Cc1ccc([C@@H]2C[S@](=O)C[C@@H](C(=O)O)N2)s1. The van der Waals surface area contributed by atoms with Gasteiger partial charge in [0.25, 0.3) is 0 Å². The molecule has 0 radical (unpaired) electrons. The third-order valence-electron chi connectivity index (χ3n) is 2.51. The van der Waals surface area contributed by atoms with E-state index in [1.165, 1.54) is 4.88 Å². The van der Waals surface area contributed by atoms with Gasteiger partial charge in [0.05, 0.1) is 6.04 Å². The van der Waals surface area contributed by atoms with Gasteiger partial charge in [-0.3, -0.25) is 14.3 Å². The van der Waals surface area contributed by atoms with E-state index in [1.807, 2.05) is 19.1 Å². The maximum Gasteiger partial charge on any atom is 0.321 e. The van der Waals surface area contributed by atoms with E-state index in [2.05, 4.69) is 5.32 Å². The lowest BCUT2D eigenvalue weighted by atomic mass is 10.2. The fourth-order valence-corrected chi connectivity index (χ4v) is 4.16. The molecule has 0 aliphatic carbocycles. The van der Waals surface area contributed by atoms with Crippen molar-refractivity contribution in [1.82, 2.24) is 5.32 Å². The Kier molecular flexibility index (Phi) is 3.41. The predicted molar refractivity (Wildman–Crippen MR) is 64.2 cm³/mol. The molecule has 1 fully saturated rings. The predicted octanol–water partition coefficient (Wildman–Crippen LogP) is 0.903. The second kappa shape index (κ2) is 4.65. The van der Waals surface area contributed by atoms with Crippen LogP contribution < -0.4 is 5.32 Å². The third-order valence-corrected chi connectivity index (χ3v) is 5.03. The Morgan fingerprint density at radius 3 is 2.88 bits per heavy atom. The number of carbonyl (C=O) groups is 1. The normalized spacial score (nSPS) is 30.2. The Morgan fingerprint density at radius 2 is 2.31 bits per heavy atom. The van der Waals surface area contributed by atoms with Gasteiger partial charge in [-0.05, 0) is 19.1 Å². The summed E-state index contributed by atoms with van der Waals surface area (Å²) < 4.78 is 11.6. The molecule has 88 valence electrons. The molecular weight excluding hydrogens is 246 g/mol. The Balaban J connectivity index is 2.16. The number of thiophene rings is 1. The summed E-state index contributed by atoms with van der Waals surface area (Å²) in [6.07, 6.45) is 0. The van der Waals surface area contributed by atoms with Crippen molar-refractivity contribution in [3.63, 3.8) is 0 Å². The molecule has 0 unspecified atom stereocenters. The first-order chi connectivity index (χ1) is 7.56. The molecule has 1 saturated heterocycles. The van der Waals surface area contributed by atoms with Gasteiger partial charge >= 0.3 is 5.97 Å². The van der Waals surface area contributed by atoms with Crippen LogP contribution in [0.3, 0.4) is 0 Å².